The van der Waals surface area contributed by atoms with Gasteiger partial charge in [-0.25, -0.2) is 4.79 Å². The molecule has 0 aromatic carbocycles. The minimum Gasteiger partial charge on any atom is -0.455 e. The number of Topliss-reactive ketones (excluding diaryl/α,β-unsaturated/α-hetero) is 1. The molecular formula is C22H32O6. The first kappa shape index (κ1) is 22.3. The van der Waals surface area contributed by atoms with Gasteiger partial charge in [0.2, 0.25) is 0 Å². The van der Waals surface area contributed by atoms with Gasteiger partial charge >= 0.3 is 11.9 Å². The molecule has 2 rings (SSSR count). The van der Waals surface area contributed by atoms with Crippen molar-refractivity contribution >= 4 is 17.7 Å². The summed E-state index contributed by atoms with van der Waals surface area (Å²) in [5.41, 5.74) is -2.11. The standard InChI is InChI=1S/C22H32O6/c1-8-13(2)19(25)27-18-9-10-21(6)12-16(24)15(20(4,5)26)11-17(21)22(18,7)28-14(3)23/h8,11,17-18,26H,9-10,12H2,1-7H3/b13-8-/t17-,18-,21-,22+/m1/s1. The highest BCUT2D eigenvalue weighted by molar-refractivity contribution is 5.98. The molecule has 4 atom stereocenters. The van der Waals surface area contributed by atoms with E-state index in [0.29, 0.717) is 24.0 Å². The highest BCUT2D eigenvalue weighted by atomic mass is 16.6. The third-order valence-corrected chi connectivity index (χ3v) is 6.21. The Bertz CT molecular complexity index is 741. The number of hydrogen-bond donors (Lipinski definition) is 1. The summed E-state index contributed by atoms with van der Waals surface area (Å²) >= 11 is 0. The summed E-state index contributed by atoms with van der Waals surface area (Å²) in [5.74, 6) is -1.41. The summed E-state index contributed by atoms with van der Waals surface area (Å²) in [7, 11) is 0. The van der Waals surface area contributed by atoms with Crippen LogP contribution < -0.4 is 0 Å². The summed E-state index contributed by atoms with van der Waals surface area (Å²) in [6.07, 6.45) is 4.13. The third-order valence-electron chi connectivity index (χ3n) is 6.21. The minimum atomic E-state index is -1.30. The van der Waals surface area contributed by atoms with Crippen LogP contribution in [-0.4, -0.2) is 40.1 Å². The number of aliphatic hydroxyl groups is 1. The van der Waals surface area contributed by atoms with Gasteiger partial charge in [-0.1, -0.05) is 19.1 Å². The number of carbonyl (C=O) groups excluding carboxylic acids is 3. The van der Waals surface area contributed by atoms with Crippen molar-refractivity contribution in [2.24, 2.45) is 11.3 Å². The zero-order valence-electron chi connectivity index (χ0n) is 17.9. The van der Waals surface area contributed by atoms with E-state index < -0.39 is 34.7 Å². The molecular weight excluding hydrogens is 360 g/mol. The molecule has 28 heavy (non-hydrogen) atoms. The van der Waals surface area contributed by atoms with Crippen LogP contribution >= 0.6 is 0 Å². The molecule has 0 heterocycles. The minimum absolute atomic E-state index is 0.100. The quantitative estimate of drug-likeness (QED) is 0.583. The monoisotopic (exact) mass is 392 g/mol. The number of allylic oxidation sites excluding steroid dienone is 1. The van der Waals surface area contributed by atoms with Gasteiger partial charge in [0.25, 0.3) is 0 Å². The molecule has 1 fully saturated rings. The molecule has 1 N–H and O–H groups in total. The lowest BCUT2D eigenvalue weighted by molar-refractivity contribution is -0.208. The lowest BCUT2D eigenvalue weighted by Gasteiger charge is -2.55. The third kappa shape index (κ3) is 4.07. The Morgan fingerprint density at radius 2 is 1.89 bits per heavy atom. The van der Waals surface area contributed by atoms with E-state index in [9.17, 15) is 19.5 Å². The molecule has 0 aromatic heterocycles. The first-order valence-electron chi connectivity index (χ1n) is 9.76. The van der Waals surface area contributed by atoms with Crippen molar-refractivity contribution < 1.29 is 29.0 Å². The van der Waals surface area contributed by atoms with Crippen molar-refractivity contribution in [1.82, 2.24) is 0 Å². The zero-order chi connectivity index (χ0) is 21.5. The smallest absolute Gasteiger partial charge is 0.333 e. The van der Waals surface area contributed by atoms with Crippen molar-refractivity contribution in [2.75, 3.05) is 0 Å². The van der Waals surface area contributed by atoms with E-state index >= 15 is 0 Å². The molecule has 6 heteroatoms. The topological polar surface area (TPSA) is 89.9 Å². The first-order chi connectivity index (χ1) is 12.7. The van der Waals surface area contributed by atoms with Crippen molar-refractivity contribution in [2.45, 2.75) is 85.0 Å². The van der Waals surface area contributed by atoms with E-state index in [1.165, 1.54) is 6.92 Å². The maximum absolute atomic E-state index is 12.7. The Kier molecular flexibility index (Phi) is 5.96. The van der Waals surface area contributed by atoms with E-state index in [1.54, 1.807) is 46.8 Å². The molecule has 0 spiro atoms. The van der Waals surface area contributed by atoms with Crippen LogP contribution in [0.25, 0.3) is 0 Å². The molecule has 0 radical (unpaired) electrons. The fourth-order valence-corrected chi connectivity index (χ4v) is 4.58. The normalized spacial score (nSPS) is 33.6. The molecule has 156 valence electrons. The van der Waals surface area contributed by atoms with Gasteiger partial charge in [0.15, 0.2) is 11.4 Å². The number of hydrogen-bond acceptors (Lipinski definition) is 6. The van der Waals surface area contributed by atoms with Crippen LogP contribution in [0.15, 0.2) is 23.3 Å². The van der Waals surface area contributed by atoms with Crippen LogP contribution in [0.1, 0.15) is 67.7 Å². The van der Waals surface area contributed by atoms with Crippen molar-refractivity contribution in [1.29, 1.82) is 0 Å². The highest BCUT2D eigenvalue weighted by Crippen LogP contribution is 2.55. The molecule has 0 amide bonds. The van der Waals surface area contributed by atoms with Crippen molar-refractivity contribution in [3.63, 3.8) is 0 Å². The Morgan fingerprint density at radius 3 is 2.39 bits per heavy atom. The highest BCUT2D eigenvalue weighted by Gasteiger charge is 2.59. The van der Waals surface area contributed by atoms with E-state index in [-0.39, 0.29) is 18.1 Å². The Morgan fingerprint density at radius 1 is 1.29 bits per heavy atom. The van der Waals surface area contributed by atoms with Crippen LogP contribution in [0, 0.1) is 11.3 Å². The van der Waals surface area contributed by atoms with Crippen LogP contribution in [-0.2, 0) is 23.9 Å². The van der Waals surface area contributed by atoms with Crippen molar-refractivity contribution in [3.8, 4) is 0 Å². The number of esters is 2. The number of ether oxygens (including phenoxy) is 2. The summed E-state index contributed by atoms with van der Waals surface area (Å²) in [6.45, 7) is 11.6. The molecule has 6 nitrogen and oxygen atoms in total. The summed E-state index contributed by atoms with van der Waals surface area (Å²) in [4.78, 5) is 37.0. The van der Waals surface area contributed by atoms with E-state index in [2.05, 4.69) is 0 Å². The van der Waals surface area contributed by atoms with Crippen LogP contribution in [0.5, 0.6) is 0 Å². The molecule has 0 aromatic rings. The molecule has 2 aliphatic rings. The number of carbonyl (C=O) groups is 3. The maximum atomic E-state index is 12.7. The maximum Gasteiger partial charge on any atom is 0.333 e. The fraction of sp³-hybridized carbons (Fsp3) is 0.682. The van der Waals surface area contributed by atoms with E-state index in [0.717, 1.165) is 0 Å². The Labute approximate surface area is 167 Å². The molecule has 0 bridgehead atoms. The fourth-order valence-electron chi connectivity index (χ4n) is 4.58. The molecule has 2 aliphatic carbocycles. The second kappa shape index (κ2) is 7.47. The molecule has 1 saturated carbocycles. The predicted molar refractivity (Wildman–Crippen MR) is 104 cm³/mol. The van der Waals surface area contributed by atoms with Crippen LogP contribution in [0.4, 0.5) is 0 Å². The molecule has 0 aliphatic heterocycles. The van der Waals surface area contributed by atoms with Crippen LogP contribution in [0.3, 0.4) is 0 Å². The first-order valence-corrected chi connectivity index (χ1v) is 9.76. The van der Waals surface area contributed by atoms with Gasteiger partial charge in [0.1, 0.15) is 6.10 Å². The van der Waals surface area contributed by atoms with Crippen molar-refractivity contribution in [3.05, 3.63) is 23.3 Å². The largest absolute Gasteiger partial charge is 0.455 e. The zero-order valence-corrected chi connectivity index (χ0v) is 17.9. The predicted octanol–water partition coefficient (Wildman–Crippen LogP) is 3.27. The average molecular weight is 392 g/mol. The van der Waals surface area contributed by atoms with Gasteiger partial charge in [0, 0.05) is 30.4 Å². The average Bonchev–Trinajstić information content (AvgIpc) is 2.54. The summed E-state index contributed by atoms with van der Waals surface area (Å²) in [5, 5.41) is 10.5. The van der Waals surface area contributed by atoms with Gasteiger partial charge < -0.3 is 14.6 Å². The number of ketones is 1. The van der Waals surface area contributed by atoms with E-state index in [4.69, 9.17) is 9.47 Å². The second-order valence-corrected chi connectivity index (χ2v) is 9.05. The lowest BCUT2D eigenvalue weighted by Crippen LogP contribution is -2.61. The number of fused-ring (bicyclic) bond motifs is 1. The molecule has 0 unspecified atom stereocenters. The SMILES string of the molecule is C/C=C(/C)C(=O)O[C@@H]1CC[C@]2(C)CC(=O)C(C(C)(C)O)=C[C@H]2[C@]1(C)OC(C)=O. The van der Waals surface area contributed by atoms with Gasteiger partial charge in [-0.2, -0.15) is 0 Å². The Hall–Kier alpha value is -1.95. The number of rotatable bonds is 4. The van der Waals surface area contributed by atoms with E-state index in [1.807, 2.05) is 6.92 Å². The van der Waals surface area contributed by atoms with Crippen LogP contribution in [0.2, 0.25) is 0 Å². The summed E-state index contributed by atoms with van der Waals surface area (Å²) in [6, 6.07) is 0. The van der Waals surface area contributed by atoms with Gasteiger partial charge in [-0.15, -0.1) is 0 Å². The van der Waals surface area contributed by atoms with Gasteiger partial charge in [-0.05, 0) is 52.9 Å². The second-order valence-electron chi connectivity index (χ2n) is 9.05. The van der Waals surface area contributed by atoms with Gasteiger partial charge in [0.05, 0.1) is 5.60 Å². The van der Waals surface area contributed by atoms with Gasteiger partial charge in [-0.3, -0.25) is 9.59 Å². The lowest BCUT2D eigenvalue weighted by atomic mass is 9.54. The molecule has 0 saturated heterocycles. The summed E-state index contributed by atoms with van der Waals surface area (Å²) < 4.78 is 11.5. The Balaban J connectivity index is 2.55.